The van der Waals surface area contributed by atoms with Gasteiger partial charge in [0.15, 0.2) is 11.5 Å². The van der Waals surface area contributed by atoms with E-state index in [0.29, 0.717) is 24.3 Å². The van der Waals surface area contributed by atoms with Crippen LogP contribution in [0.1, 0.15) is 23.6 Å². The quantitative estimate of drug-likeness (QED) is 0.767. The standard InChI is InChI=1S/C23H26N2O3.ClH/c1-24-12-18-13-25(14-19(18)23(24)17-5-3-2-4-6-17)22(26)10-8-16-7-9-20-21(11-16)28-15-27-20;/h2-7,9,11,18-19,23H,8,10,12-15H2,1H3;1H/t18-,19+,23-;/m0./s1. The van der Waals surface area contributed by atoms with Gasteiger partial charge in [-0.15, -0.1) is 12.4 Å². The van der Waals surface area contributed by atoms with Gasteiger partial charge < -0.3 is 14.4 Å². The summed E-state index contributed by atoms with van der Waals surface area (Å²) >= 11 is 0. The molecule has 29 heavy (non-hydrogen) atoms. The number of benzene rings is 2. The second-order valence-electron chi connectivity index (χ2n) is 8.21. The van der Waals surface area contributed by atoms with E-state index in [1.54, 1.807) is 0 Å². The van der Waals surface area contributed by atoms with Gasteiger partial charge in [0, 0.05) is 38.0 Å². The highest BCUT2D eigenvalue weighted by atomic mass is 35.5. The Labute approximate surface area is 178 Å². The number of fused-ring (bicyclic) bond motifs is 2. The molecule has 5 nitrogen and oxygen atoms in total. The summed E-state index contributed by atoms with van der Waals surface area (Å²) in [5, 5.41) is 0. The first-order chi connectivity index (χ1) is 13.7. The smallest absolute Gasteiger partial charge is 0.231 e. The van der Waals surface area contributed by atoms with Gasteiger partial charge in [-0.3, -0.25) is 9.69 Å². The SMILES string of the molecule is CN1C[C@H]2CN(C(=O)CCc3ccc4c(c3)OCO4)C[C@H]2[C@@H]1c1ccccc1.Cl. The van der Waals surface area contributed by atoms with Gasteiger partial charge in [0.1, 0.15) is 0 Å². The average Bonchev–Trinajstić information content (AvgIpc) is 3.40. The van der Waals surface area contributed by atoms with Gasteiger partial charge in [0.25, 0.3) is 0 Å². The third-order valence-electron chi connectivity index (χ3n) is 6.45. The van der Waals surface area contributed by atoms with Crippen LogP contribution in [0.4, 0.5) is 0 Å². The molecule has 3 aliphatic heterocycles. The van der Waals surface area contributed by atoms with Gasteiger partial charge in [-0.25, -0.2) is 0 Å². The second-order valence-corrected chi connectivity index (χ2v) is 8.21. The normalized spacial score (nSPS) is 25.0. The van der Waals surface area contributed by atoms with Crippen molar-refractivity contribution in [2.75, 3.05) is 33.5 Å². The van der Waals surface area contributed by atoms with Crippen molar-refractivity contribution in [3.05, 3.63) is 59.7 Å². The maximum Gasteiger partial charge on any atom is 0.231 e. The number of hydrogen-bond donors (Lipinski definition) is 0. The van der Waals surface area contributed by atoms with Crippen molar-refractivity contribution in [1.82, 2.24) is 9.80 Å². The van der Waals surface area contributed by atoms with Crippen LogP contribution in [0.25, 0.3) is 0 Å². The number of amides is 1. The molecule has 0 radical (unpaired) electrons. The monoisotopic (exact) mass is 414 g/mol. The van der Waals surface area contributed by atoms with Crippen LogP contribution in [0.5, 0.6) is 11.5 Å². The minimum absolute atomic E-state index is 0. The van der Waals surface area contributed by atoms with Gasteiger partial charge >= 0.3 is 0 Å². The zero-order valence-corrected chi connectivity index (χ0v) is 17.4. The molecule has 3 atom stereocenters. The third-order valence-corrected chi connectivity index (χ3v) is 6.45. The van der Waals surface area contributed by atoms with Gasteiger partial charge in [-0.1, -0.05) is 36.4 Å². The van der Waals surface area contributed by atoms with Crippen LogP contribution >= 0.6 is 12.4 Å². The summed E-state index contributed by atoms with van der Waals surface area (Å²) in [6.07, 6.45) is 1.29. The maximum atomic E-state index is 12.9. The lowest BCUT2D eigenvalue weighted by Gasteiger charge is -2.27. The molecule has 0 saturated carbocycles. The molecule has 0 N–H and O–H groups in total. The fraction of sp³-hybridized carbons (Fsp3) is 0.435. The first-order valence-corrected chi connectivity index (χ1v) is 10.1. The zero-order chi connectivity index (χ0) is 19.1. The molecule has 3 heterocycles. The topological polar surface area (TPSA) is 42.0 Å². The molecule has 154 valence electrons. The number of hydrogen-bond acceptors (Lipinski definition) is 4. The molecule has 1 amide bonds. The van der Waals surface area contributed by atoms with Gasteiger partial charge in [0.2, 0.25) is 12.7 Å². The van der Waals surface area contributed by atoms with E-state index in [2.05, 4.69) is 47.2 Å². The van der Waals surface area contributed by atoms with Crippen LogP contribution in [0, 0.1) is 11.8 Å². The first kappa shape index (κ1) is 20.0. The van der Waals surface area contributed by atoms with E-state index in [4.69, 9.17) is 9.47 Å². The Bertz CT molecular complexity index is 876. The third kappa shape index (κ3) is 3.81. The van der Waals surface area contributed by atoms with Crippen molar-refractivity contribution in [3.8, 4) is 11.5 Å². The summed E-state index contributed by atoms with van der Waals surface area (Å²) in [5.41, 5.74) is 2.49. The van der Waals surface area contributed by atoms with Crippen molar-refractivity contribution in [1.29, 1.82) is 0 Å². The van der Waals surface area contributed by atoms with Gasteiger partial charge in [0.05, 0.1) is 0 Å². The van der Waals surface area contributed by atoms with E-state index in [-0.39, 0.29) is 25.1 Å². The summed E-state index contributed by atoms with van der Waals surface area (Å²) in [6.45, 7) is 3.11. The molecule has 3 aliphatic rings. The Morgan fingerprint density at radius 2 is 1.83 bits per heavy atom. The second kappa shape index (κ2) is 8.25. The summed E-state index contributed by atoms with van der Waals surface area (Å²) in [4.78, 5) is 17.4. The van der Waals surface area contributed by atoms with Gasteiger partial charge in [-0.2, -0.15) is 0 Å². The molecule has 2 saturated heterocycles. The van der Waals surface area contributed by atoms with Crippen LogP contribution in [-0.4, -0.2) is 49.2 Å². The molecule has 0 unspecified atom stereocenters. The van der Waals surface area contributed by atoms with E-state index in [1.807, 2.05) is 18.2 Å². The maximum absolute atomic E-state index is 12.9. The molecule has 6 heteroatoms. The van der Waals surface area contributed by atoms with Crippen LogP contribution in [0.15, 0.2) is 48.5 Å². The molecular formula is C23H27ClN2O3. The lowest BCUT2D eigenvalue weighted by atomic mass is 9.90. The summed E-state index contributed by atoms with van der Waals surface area (Å²) in [7, 11) is 2.21. The average molecular weight is 415 g/mol. The van der Waals surface area contributed by atoms with E-state index >= 15 is 0 Å². The highest BCUT2D eigenvalue weighted by Gasteiger charge is 2.46. The Morgan fingerprint density at radius 1 is 1.03 bits per heavy atom. The van der Waals surface area contributed by atoms with Crippen molar-refractivity contribution < 1.29 is 14.3 Å². The Morgan fingerprint density at radius 3 is 2.66 bits per heavy atom. The molecule has 0 aliphatic carbocycles. The summed E-state index contributed by atoms with van der Waals surface area (Å²) in [6, 6.07) is 17.1. The number of aryl methyl sites for hydroxylation is 1. The predicted octanol–water partition coefficient (Wildman–Crippen LogP) is 3.53. The van der Waals surface area contributed by atoms with Crippen LogP contribution in [0.2, 0.25) is 0 Å². The van der Waals surface area contributed by atoms with Crippen molar-refractivity contribution in [2.45, 2.75) is 18.9 Å². The number of rotatable bonds is 4. The number of likely N-dealkylation sites (tertiary alicyclic amines) is 2. The molecule has 0 spiro atoms. The Kier molecular flexibility index (Phi) is 5.70. The largest absolute Gasteiger partial charge is 0.454 e. The van der Waals surface area contributed by atoms with Crippen LogP contribution in [0.3, 0.4) is 0 Å². The first-order valence-electron chi connectivity index (χ1n) is 10.1. The van der Waals surface area contributed by atoms with Crippen molar-refractivity contribution in [2.24, 2.45) is 11.8 Å². The lowest BCUT2D eigenvalue weighted by molar-refractivity contribution is -0.130. The highest BCUT2D eigenvalue weighted by molar-refractivity contribution is 5.85. The van der Waals surface area contributed by atoms with Crippen molar-refractivity contribution in [3.63, 3.8) is 0 Å². The van der Waals surface area contributed by atoms with E-state index < -0.39 is 0 Å². The summed E-state index contributed by atoms with van der Waals surface area (Å²) in [5.74, 6) is 2.95. The molecule has 0 bridgehead atoms. The number of carbonyl (C=O) groups excluding carboxylic acids is 1. The zero-order valence-electron chi connectivity index (χ0n) is 16.6. The number of nitrogens with zero attached hydrogens (tertiary/aromatic N) is 2. The molecule has 0 aromatic heterocycles. The number of carbonyl (C=O) groups is 1. The number of halogens is 1. The molecular weight excluding hydrogens is 388 g/mol. The van der Waals surface area contributed by atoms with Crippen LogP contribution < -0.4 is 9.47 Å². The van der Waals surface area contributed by atoms with Crippen molar-refractivity contribution >= 4 is 18.3 Å². The summed E-state index contributed by atoms with van der Waals surface area (Å²) < 4.78 is 10.8. The lowest BCUT2D eigenvalue weighted by Crippen LogP contribution is -2.33. The molecule has 2 fully saturated rings. The highest BCUT2D eigenvalue weighted by Crippen LogP contribution is 2.44. The van der Waals surface area contributed by atoms with Crippen LogP contribution in [-0.2, 0) is 11.2 Å². The van der Waals surface area contributed by atoms with Gasteiger partial charge in [-0.05, 0) is 42.6 Å². The minimum atomic E-state index is 0. The van der Waals surface area contributed by atoms with E-state index in [9.17, 15) is 4.79 Å². The van der Waals surface area contributed by atoms with E-state index in [1.165, 1.54) is 5.56 Å². The minimum Gasteiger partial charge on any atom is -0.454 e. The fourth-order valence-corrected chi connectivity index (χ4v) is 5.12. The predicted molar refractivity (Wildman–Crippen MR) is 114 cm³/mol. The molecule has 2 aromatic carbocycles. The Hall–Kier alpha value is -2.24. The molecule has 5 rings (SSSR count). The van der Waals surface area contributed by atoms with E-state index in [0.717, 1.165) is 43.1 Å². The fourth-order valence-electron chi connectivity index (χ4n) is 5.12. The Balaban J connectivity index is 0.00000205. The number of ether oxygens (including phenoxy) is 2. The molecule has 2 aromatic rings.